The number of carbonyl (C=O) groups excluding carboxylic acids is 1. The molecular weight excluding hydrogens is 259 g/mol. The van der Waals surface area contributed by atoms with Crippen LogP contribution in [-0.4, -0.2) is 10.9 Å². The largest absolute Gasteiger partial charge is 0.319 e. The molecule has 0 aliphatic heterocycles. The third-order valence-electron chi connectivity index (χ3n) is 2.13. The van der Waals surface area contributed by atoms with Crippen molar-refractivity contribution in [1.82, 2.24) is 4.98 Å². The van der Waals surface area contributed by atoms with Crippen LogP contribution < -0.4 is 5.32 Å². The van der Waals surface area contributed by atoms with Gasteiger partial charge in [0.25, 0.3) is 5.91 Å². The minimum Gasteiger partial charge on any atom is -0.319 e. The second-order valence-electron chi connectivity index (χ2n) is 3.30. The third-order valence-corrected chi connectivity index (χ3v) is 2.70. The zero-order chi connectivity index (χ0) is 12.3. The summed E-state index contributed by atoms with van der Waals surface area (Å²) in [5, 5.41) is 3.27. The van der Waals surface area contributed by atoms with Crippen molar-refractivity contribution < 1.29 is 4.79 Å². The number of carbonyl (C=O) groups is 1. The Hall–Kier alpha value is -1.58. The topological polar surface area (TPSA) is 42.0 Å². The van der Waals surface area contributed by atoms with Crippen molar-refractivity contribution in [2.75, 3.05) is 5.32 Å². The van der Waals surface area contributed by atoms with Crippen LogP contribution in [0.5, 0.6) is 0 Å². The first kappa shape index (κ1) is 11.9. The third kappa shape index (κ3) is 2.75. The van der Waals surface area contributed by atoms with Gasteiger partial charge in [-0.15, -0.1) is 0 Å². The summed E-state index contributed by atoms with van der Waals surface area (Å²) in [4.78, 5) is 15.7. The molecule has 0 aliphatic carbocycles. The van der Waals surface area contributed by atoms with Crippen LogP contribution in [0.25, 0.3) is 0 Å². The van der Waals surface area contributed by atoms with Crippen LogP contribution in [0.4, 0.5) is 5.69 Å². The molecule has 1 amide bonds. The van der Waals surface area contributed by atoms with Crippen LogP contribution >= 0.6 is 23.2 Å². The Bertz CT molecular complexity index is 523. The first-order valence-electron chi connectivity index (χ1n) is 4.84. The lowest BCUT2D eigenvalue weighted by molar-refractivity contribution is 0.102. The van der Waals surface area contributed by atoms with Crippen LogP contribution in [-0.2, 0) is 0 Å². The van der Waals surface area contributed by atoms with Gasteiger partial charge in [-0.25, -0.2) is 0 Å². The van der Waals surface area contributed by atoms with Crippen molar-refractivity contribution in [1.29, 1.82) is 0 Å². The molecule has 1 aromatic heterocycles. The van der Waals surface area contributed by atoms with Crippen LogP contribution in [0, 0.1) is 0 Å². The summed E-state index contributed by atoms with van der Waals surface area (Å²) in [5.74, 6) is -0.263. The van der Waals surface area contributed by atoms with Crippen LogP contribution in [0.2, 0.25) is 10.0 Å². The van der Waals surface area contributed by atoms with Gasteiger partial charge >= 0.3 is 0 Å². The highest BCUT2D eigenvalue weighted by molar-refractivity contribution is 6.39. The Morgan fingerprint density at radius 3 is 2.24 bits per heavy atom. The fraction of sp³-hybridized carbons (Fsp3) is 0. The lowest BCUT2D eigenvalue weighted by atomic mass is 10.2. The second-order valence-corrected chi connectivity index (χ2v) is 4.11. The first-order valence-corrected chi connectivity index (χ1v) is 5.59. The molecule has 2 rings (SSSR count). The van der Waals surface area contributed by atoms with E-state index in [9.17, 15) is 4.79 Å². The molecule has 3 nitrogen and oxygen atoms in total. The molecule has 2 aromatic rings. The van der Waals surface area contributed by atoms with Crippen LogP contribution in [0.1, 0.15) is 10.4 Å². The number of pyridine rings is 1. The molecule has 5 heteroatoms. The number of anilines is 1. The lowest BCUT2D eigenvalue weighted by Crippen LogP contribution is -2.12. The van der Waals surface area contributed by atoms with Crippen molar-refractivity contribution in [2.24, 2.45) is 0 Å². The summed E-state index contributed by atoms with van der Waals surface area (Å²) >= 11 is 11.8. The number of aromatic nitrogens is 1. The van der Waals surface area contributed by atoms with Gasteiger partial charge in [0.05, 0.1) is 15.7 Å². The molecular formula is C12H8Cl2N2O. The summed E-state index contributed by atoms with van der Waals surface area (Å²) in [7, 11) is 0. The van der Waals surface area contributed by atoms with Gasteiger partial charge in [0.15, 0.2) is 0 Å². The van der Waals surface area contributed by atoms with Gasteiger partial charge < -0.3 is 5.32 Å². The summed E-state index contributed by atoms with van der Waals surface area (Å²) < 4.78 is 0. The molecule has 0 spiro atoms. The van der Waals surface area contributed by atoms with Crippen molar-refractivity contribution in [3.05, 3.63) is 58.3 Å². The van der Waals surface area contributed by atoms with E-state index in [1.165, 1.54) is 12.4 Å². The van der Waals surface area contributed by atoms with E-state index in [0.717, 1.165) is 0 Å². The number of nitrogens with one attached hydrogen (secondary N) is 1. The Labute approximate surface area is 108 Å². The predicted octanol–water partition coefficient (Wildman–Crippen LogP) is 3.64. The van der Waals surface area contributed by atoms with Crippen LogP contribution in [0.15, 0.2) is 42.7 Å². The maximum absolute atomic E-state index is 11.9. The molecule has 17 heavy (non-hydrogen) atoms. The van der Waals surface area contributed by atoms with Gasteiger partial charge in [0.1, 0.15) is 0 Å². The van der Waals surface area contributed by atoms with Gasteiger partial charge in [-0.3, -0.25) is 9.78 Å². The molecule has 1 heterocycles. The van der Waals surface area contributed by atoms with E-state index in [0.29, 0.717) is 21.3 Å². The molecule has 0 radical (unpaired) electrons. The van der Waals surface area contributed by atoms with Gasteiger partial charge in [-0.05, 0) is 12.1 Å². The highest BCUT2D eigenvalue weighted by atomic mass is 35.5. The first-order chi connectivity index (χ1) is 8.18. The number of amides is 1. The van der Waals surface area contributed by atoms with Gasteiger partial charge in [0.2, 0.25) is 0 Å². The van der Waals surface area contributed by atoms with E-state index in [1.54, 1.807) is 24.3 Å². The number of benzene rings is 1. The van der Waals surface area contributed by atoms with Crippen LogP contribution in [0.3, 0.4) is 0 Å². The molecule has 0 bridgehead atoms. The zero-order valence-electron chi connectivity index (χ0n) is 8.65. The summed E-state index contributed by atoms with van der Waals surface area (Å²) in [6.45, 7) is 0. The number of hydrogen-bond acceptors (Lipinski definition) is 2. The normalized spacial score (nSPS) is 10.0. The predicted molar refractivity (Wildman–Crippen MR) is 68.7 cm³/mol. The second kappa shape index (κ2) is 5.17. The minimum atomic E-state index is -0.263. The maximum Gasteiger partial charge on any atom is 0.255 e. The standard InChI is InChI=1S/C12H8Cl2N2O/c13-9-6-15-7-10(14)11(9)16-12(17)8-4-2-1-3-5-8/h1-7H,(H,15,16,17). The van der Waals surface area contributed by atoms with E-state index in [2.05, 4.69) is 10.3 Å². The van der Waals surface area contributed by atoms with Gasteiger partial charge in [-0.1, -0.05) is 41.4 Å². The molecule has 1 aromatic carbocycles. The molecule has 0 saturated heterocycles. The SMILES string of the molecule is O=C(Nc1c(Cl)cncc1Cl)c1ccccc1. The zero-order valence-corrected chi connectivity index (χ0v) is 10.2. The number of hydrogen-bond donors (Lipinski definition) is 1. The molecule has 0 saturated carbocycles. The lowest BCUT2D eigenvalue weighted by Gasteiger charge is -2.08. The Morgan fingerprint density at radius 2 is 1.65 bits per heavy atom. The summed E-state index contributed by atoms with van der Waals surface area (Å²) in [6.07, 6.45) is 2.85. The quantitative estimate of drug-likeness (QED) is 0.902. The Morgan fingerprint density at radius 1 is 1.06 bits per heavy atom. The fourth-order valence-electron chi connectivity index (χ4n) is 1.31. The Kier molecular flexibility index (Phi) is 3.61. The molecule has 1 N–H and O–H groups in total. The van der Waals surface area contributed by atoms with Crippen molar-refractivity contribution in [3.63, 3.8) is 0 Å². The minimum absolute atomic E-state index is 0.263. The molecule has 0 atom stereocenters. The highest BCUT2D eigenvalue weighted by Gasteiger charge is 2.11. The monoisotopic (exact) mass is 266 g/mol. The maximum atomic E-state index is 11.9. The summed E-state index contributed by atoms with van der Waals surface area (Å²) in [5.41, 5.74) is 0.911. The summed E-state index contributed by atoms with van der Waals surface area (Å²) in [6, 6.07) is 8.81. The van der Waals surface area contributed by atoms with Crippen molar-refractivity contribution in [2.45, 2.75) is 0 Å². The van der Waals surface area contributed by atoms with E-state index >= 15 is 0 Å². The van der Waals surface area contributed by atoms with Gasteiger partial charge in [-0.2, -0.15) is 0 Å². The molecule has 0 aliphatic rings. The van der Waals surface area contributed by atoms with Crippen molar-refractivity contribution in [3.8, 4) is 0 Å². The van der Waals surface area contributed by atoms with E-state index in [-0.39, 0.29) is 5.91 Å². The molecule has 0 fully saturated rings. The van der Waals surface area contributed by atoms with E-state index in [4.69, 9.17) is 23.2 Å². The molecule has 0 unspecified atom stereocenters. The van der Waals surface area contributed by atoms with Gasteiger partial charge in [0, 0.05) is 18.0 Å². The fourth-order valence-corrected chi connectivity index (χ4v) is 1.77. The highest BCUT2D eigenvalue weighted by Crippen LogP contribution is 2.28. The molecule has 86 valence electrons. The Balaban J connectivity index is 2.25. The number of nitrogens with zero attached hydrogens (tertiary/aromatic N) is 1. The van der Waals surface area contributed by atoms with E-state index in [1.807, 2.05) is 6.07 Å². The van der Waals surface area contributed by atoms with E-state index < -0.39 is 0 Å². The average molecular weight is 267 g/mol. The number of halogens is 2. The number of rotatable bonds is 2. The van der Waals surface area contributed by atoms with Crippen molar-refractivity contribution >= 4 is 34.8 Å². The smallest absolute Gasteiger partial charge is 0.255 e. The average Bonchev–Trinajstić information content (AvgIpc) is 2.35.